The molecule has 12 heteroatoms. The highest BCUT2D eigenvalue weighted by atomic mass is 32.2. The summed E-state index contributed by atoms with van der Waals surface area (Å²) < 4.78 is 75.4. The maximum atomic E-state index is 17.6. The highest BCUT2D eigenvalue weighted by Gasteiger charge is 2.78. The van der Waals surface area contributed by atoms with Gasteiger partial charge in [0.15, 0.2) is 17.1 Å². The van der Waals surface area contributed by atoms with Gasteiger partial charge in [-0.3, -0.25) is 13.8 Å². The molecule has 4 aliphatic carbocycles. The summed E-state index contributed by atoms with van der Waals surface area (Å²) in [5.41, 5.74) is -6.87. The fraction of sp³-hybridized carbons (Fsp3) is 0.594. The zero-order valence-corrected chi connectivity index (χ0v) is 26.2. The van der Waals surface area contributed by atoms with E-state index in [1.807, 2.05) is 0 Å². The Labute approximate surface area is 255 Å². The van der Waals surface area contributed by atoms with E-state index in [0.717, 1.165) is 11.6 Å². The van der Waals surface area contributed by atoms with E-state index in [9.17, 15) is 27.9 Å². The van der Waals surface area contributed by atoms with Gasteiger partial charge in [-0.2, -0.15) is 8.42 Å². The van der Waals surface area contributed by atoms with Crippen molar-refractivity contribution in [1.82, 2.24) is 0 Å². The maximum absolute atomic E-state index is 17.6. The molecule has 0 unspecified atom stereocenters. The van der Waals surface area contributed by atoms with Crippen LogP contribution in [-0.2, 0) is 33.4 Å². The van der Waals surface area contributed by atoms with E-state index < -0.39 is 86.6 Å². The number of halogens is 2. The van der Waals surface area contributed by atoms with Crippen molar-refractivity contribution in [3.63, 3.8) is 0 Å². The van der Waals surface area contributed by atoms with Crippen molar-refractivity contribution in [1.29, 1.82) is 0 Å². The largest absolute Gasteiger partial charge is 0.509 e. The van der Waals surface area contributed by atoms with Gasteiger partial charge in [-0.05, 0) is 75.8 Å². The predicted molar refractivity (Wildman–Crippen MR) is 153 cm³/mol. The molecule has 0 spiro atoms. The van der Waals surface area contributed by atoms with Gasteiger partial charge in [-0.1, -0.05) is 37.6 Å². The van der Waals surface area contributed by atoms with Crippen molar-refractivity contribution in [2.24, 2.45) is 28.6 Å². The Bertz CT molecular complexity index is 1540. The number of aryl methyl sites for hydroxylation is 1. The molecule has 4 aliphatic rings. The van der Waals surface area contributed by atoms with Crippen LogP contribution in [0.1, 0.15) is 52.5 Å². The number of ether oxygens (including phenoxy) is 2. The van der Waals surface area contributed by atoms with E-state index in [-0.39, 0.29) is 36.3 Å². The van der Waals surface area contributed by atoms with Gasteiger partial charge >= 0.3 is 6.16 Å². The summed E-state index contributed by atoms with van der Waals surface area (Å²) in [6, 6.07) is 5.81. The van der Waals surface area contributed by atoms with Crippen LogP contribution in [0.3, 0.4) is 0 Å². The Morgan fingerprint density at radius 3 is 2.41 bits per heavy atom. The van der Waals surface area contributed by atoms with Crippen LogP contribution in [0.4, 0.5) is 13.6 Å². The first kappa shape index (κ1) is 32.4. The van der Waals surface area contributed by atoms with Gasteiger partial charge in [-0.25, -0.2) is 13.6 Å². The number of alkyl halides is 2. The van der Waals surface area contributed by atoms with E-state index in [4.69, 9.17) is 13.7 Å². The molecule has 1 aromatic carbocycles. The molecule has 44 heavy (non-hydrogen) atoms. The molecule has 9 atom stereocenters. The summed E-state index contributed by atoms with van der Waals surface area (Å²) in [5, 5.41) is 11.6. The Balaban J connectivity index is 1.56. The lowest BCUT2D eigenvalue weighted by atomic mass is 9.44. The van der Waals surface area contributed by atoms with Crippen LogP contribution < -0.4 is 0 Å². The van der Waals surface area contributed by atoms with Crippen LogP contribution >= 0.6 is 0 Å². The number of ketones is 2. The lowest BCUT2D eigenvalue weighted by Gasteiger charge is -2.63. The molecule has 5 rings (SSSR count). The number of hydrogen-bond donors (Lipinski definition) is 1. The van der Waals surface area contributed by atoms with E-state index in [1.165, 1.54) is 38.1 Å². The van der Waals surface area contributed by atoms with Gasteiger partial charge in [0.05, 0.1) is 17.6 Å². The van der Waals surface area contributed by atoms with Gasteiger partial charge in [-0.15, -0.1) is 0 Å². The van der Waals surface area contributed by atoms with Gasteiger partial charge in [0, 0.05) is 22.7 Å². The van der Waals surface area contributed by atoms with Crippen LogP contribution in [0.15, 0.2) is 53.0 Å². The molecule has 0 aromatic heterocycles. The zero-order valence-electron chi connectivity index (χ0n) is 25.3. The van der Waals surface area contributed by atoms with E-state index in [2.05, 4.69) is 0 Å². The van der Waals surface area contributed by atoms with Crippen LogP contribution in [0.5, 0.6) is 0 Å². The molecule has 240 valence electrons. The van der Waals surface area contributed by atoms with Gasteiger partial charge < -0.3 is 14.6 Å². The Kier molecular flexibility index (Phi) is 7.99. The van der Waals surface area contributed by atoms with E-state index in [0.29, 0.717) is 0 Å². The molecule has 3 saturated carbocycles. The van der Waals surface area contributed by atoms with Crippen molar-refractivity contribution in [3.8, 4) is 0 Å². The Hall–Kier alpha value is -2.96. The first-order valence-corrected chi connectivity index (χ1v) is 16.2. The zero-order chi connectivity index (χ0) is 32.5. The SMILES string of the molecule is CCOC(=O)O[C@]1(C(=O)COS(=O)(=O)c2ccc(C)cc2)[C@H](C)C[C@H]2[C@@H]3C[C@H](F)C4=CC(=O)C=C[C@]4(C)[C@@]3(F)[C@@H](O)C[C@@]21C. The molecule has 9 nitrogen and oxygen atoms in total. The lowest BCUT2D eigenvalue weighted by Crippen LogP contribution is -2.71. The second-order valence-corrected chi connectivity index (χ2v) is 14.6. The van der Waals surface area contributed by atoms with Crippen molar-refractivity contribution < 1.29 is 50.3 Å². The molecule has 0 aliphatic heterocycles. The van der Waals surface area contributed by atoms with E-state index in [1.54, 1.807) is 32.9 Å². The summed E-state index contributed by atoms with van der Waals surface area (Å²) in [4.78, 5) is 39.0. The summed E-state index contributed by atoms with van der Waals surface area (Å²) >= 11 is 0. The standard InChI is InChI=1S/C32H38F2O9S/c1-6-41-28(38)43-32(27(37)17-42-44(39,40)21-9-7-18(2)8-10-21)19(3)13-22-23-15-25(33)24-14-20(35)11-12-29(24,4)31(23,34)26(36)16-30(22,32)5/h7-12,14,19,22-23,25-26,36H,6,13,15-17H2,1-5H3/t19-,22+,23+,25+,26+,29+,30+,31+,32+/m1/s1. The molecule has 0 saturated heterocycles. The third-order valence-electron chi connectivity index (χ3n) is 10.7. The maximum Gasteiger partial charge on any atom is 0.509 e. The second-order valence-electron chi connectivity index (χ2n) is 13.0. The van der Waals surface area contributed by atoms with Gasteiger partial charge in [0.25, 0.3) is 10.1 Å². The molecule has 3 fully saturated rings. The number of carbonyl (C=O) groups excluding carboxylic acids is 3. The third-order valence-corrected chi connectivity index (χ3v) is 12.0. The number of carbonyl (C=O) groups is 3. The van der Waals surface area contributed by atoms with Crippen molar-refractivity contribution in [2.75, 3.05) is 13.2 Å². The van der Waals surface area contributed by atoms with Crippen LogP contribution in [-0.4, -0.2) is 68.0 Å². The van der Waals surface area contributed by atoms with Crippen molar-refractivity contribution >= 4 is 27.8 Å². The normalized spacial score (nSPS) is 39.5. The number of benzene rings is 1. The number of hydrogen-bond acceptors (Lipinski definition) is 9. The number of allylic oxidation sites excluding steroid dienone is 4. The molecule has 0 bridgehead atoms. The van der Waals surface area contributed by atoms with Gasteiger partial charge in [0.2, 0.25) is 5.78 Å². The first-order chi connectivity index (χ1) is 20.5. The second kappa shape index (κ2) is 10.8. The number of Topliss-reactive ketones (excluding diaryl/α,β-unsaturated/α-hetero) is 1. The summed E-state index contributed by atoms with van der Waals surface area (Å²) in [6.45, 7) is 6.87. The van der Waals surface area contributed by atoms with Crippen molar-refractivity contribution in [2.45, 2.75) is 82.3 Å². The van der Waals surface area contributed by atoms with Crippen LogP contribution in [0, 0.1) is 35.5 Å². The fourth-order valence-corrected chi connectivity index (χ4v) is 9.55. The average Bonchev–Trinajstić information content (AvgIpc) is 3.17. The number of aliphatic hydroxyl groups is 1. The molecule has 1 N–H and O–H groups in total. The summed E-state index contributed by atoms with van der Waals surface area (Å²) in [6.07, 6.45) is -1.76. The molecular weight excluding hydrogens is 598 g/mol. The Morgan fingerprint density at radius 2 is 1.77 bits per heavy atom. The molecule has 0 amide bonds. The third kappa shape index (κ3) is 4.50. The minimum absolute atomic E-state index is 0.0442. The van der Waals surface area contributed by atoms with Crippen molar-refractivity contribution in [3.05, 3.63) is 53.6 Å². The summed E-state index contributed by atoms with van der Waals surface area (Å²) in [7, 11) is -4.40. The smallest absolute Gasteiger partial charge is 0.435 e. The highest BCUT2D eigenvalue weighted by molar-refractivity contribution is 7.86. The monoisotopic (exact) mass is 636 g/mol. The van der Waals surface area contributed by atoms with Crippen LogP contribution in [0.2, 0.25) is 0 Å². The lowest BCUT2D eigenvalue weighted by molar-refractivity contribution is -0.225. The van der Waals surface area contributed by atoms with E-state index >= 15 is 8.78 Å². The molecular formula is C32H38F2O9S. The number of fused-ring (bicyclic) bond motifs is 5. The topological polar surface area (TPSA) is 133 Å². The van der Waals surface area contributed by atoms with Gasteiger partial charge in [0.1, 0.15) is 12.8 Å². The highest BCUT2D eigenvalue weighted by Crippen LogP contribution is 2.71. The predicted octanol–water partition coefficient (Wildman–Crippen LogP) is 4.75. The number of rotatable bonds is 7. The van der Waals surface area contributed by atoms with Crippen LogP contribution in [0.25, 0.3) is 0 Å². The first-order valence-electron chi connectivity index (χ1n) is 14.8. The molecule has 0 radical (unpaired) electrons. The number of aliphatic hydroxyl groups excluding tert-OH is 1. The molecule has 1 aromatic rings. The summed E-state index contributed by atoms with van der Waals surface area (Å²) in [5.74, 6) is -4.13. The average molecular weight is 637 g/mol. The quantitative estimate of drug-likeness (QED) is 0.333. The Morgan fingerprint density at radius 1 is 1.11 bits per heavy atom. The minimum Gasteiger partial charge on any atom is -0.435 e. The fourth-order valence-electron chi connectivity index (χ4n) is 8.68. The minimum atomic E-state index is -4.40. The molecule has 0 heterocycles.